The second-order valence-electron chi connectivity index (χ2n) is 5.38. The van der Waals surface area contributed by atoms with Crippen molar-refractivity contribution >= 4 is 10.8 Å². The molecular weight excluding hydrogens is 210 g/mol. The minimum absolute atomic E-state index is 0.000244. The molecule has 1 rings (SSSR count). The van der Waals surface area contributed by atoms with Crippen LogP contribution >= 0.6 is 0 Å². The van der Waals surface area contributed by atoms with E-state index in [0.29, 0.717) is 11.5 Å². The molecule has 0 radical (unpaired) electrons. The van der Waals surface area contributed by atoms with Crippen molar-refractivity contribution in [2.75, 3.05) is 18.1 Å². The Balaban J connectivity index is 2.29. The molecule has 0 saturated carbocycles. The topological polar surface area (TPSA) is 52.3 Å². The van der Waals surface area contributed by atoms with E-state index in [0.717, 1.165) is 19.4 Å². The van der Waals surface area contributed by atoms with Gasteiger partial charge in [-0.25, -0.2) is 0 Å². The van der Waals surface area contributed by atoms with Crippen LogP contribution in [0.4, 0.5) is 0 Å². The Labute approximate surface area is 95.2 Å². The quantitative estimate of drug-likeness (QED) is 0.796. The van der Waals surface area contributed by atoms with E-state index in [4.69, 9.17) is 10.5 Å². The molecule has 1 aliphatic heterocycles. The Morgan fingerprint density at radius 3 is 2.67 bits per heavy atom. The van der Waals surface area contributed by atoms with Gasteiger partial charge in [-0.1, -0.05) is 20.8 Å². The summed E-state index contributed by atoms with van der Waals surface area (Å²) in [6.07, 6.45) is 2.36. The molecule has 4 heteroatoms. The average molecular weight is 233 g/mol. The van der Waals surface area contributed by atoms with Crippen LogP contribution in [-0.4, -0.2) is 34.5 Å². The first-order valence-electron chi connectivity index (χ1n) is 5.62. The summed E-state index contributed by atoms with van der Waals surface area (Å²) in [5.74, 6) is 1.24. The molecule has 0 bridgehead atoms. The molecule has 3 atom stereocenters. The number of hydrogen-bond donors (Lipinski definition) is 1. The van der Waals surface area contributed by atoms with Gasteiger partial charge in [0.25, 0.3) is 0 Å². The molecule has 15 heavy (non-hydrogen) atoms. The van der Waals surface area contributed by atoms with Crippen molar-refractivity contribution in [1.82, 2.24) is 0 Å². The van der Waals surface area contributed by atoms with E-state index < -0.39 is 10.8 Å². The van der Waals surface area contributed by atoms with Gasteiger partial charge in [0.15, 0.2) is 0 Å². The average Bonchev–Trinajstić information content (AvgIpc) is 2.54. The monoisotopic (exact) mass is 233 g/mol. The number of rotatable bonds is 4. The van der Waals surface area contributed by atoms with Gasteiger partial charge >= 0.3 is 0 Å². The molecular formula is C11H23NO2S. The van der Waals surface area contributed by atoms with Crippen molar-refractivity contribution in [3.8, 4) is 0 Å². The maximum atomic E-state index is 11.8. The van der Waals surface area contributed by atoms with Crippen LogP contribution < -0.4 is 5.73 Å². The Morgan fingerprint density at radius 1 is 1.53 bits per heavy atom. The SMILES string of the molecule is CC(C)(C)C(N)CS(=O)CC1CCCO1. The minimum Gasteiger partial charge on any atom is -0.377 e. The van der Waals surface area contributed by atoms with E-state index in [9.17, 15) is 4.21 Å². The molecule has 90 valence electrons. The molecule has 1 heterocycles. The fraction of sp³-hybridized carbons (Fsp3) is 1.00. The lowest BCUT2D eigenvalue weighted by Crippen LogP contribution is -2.40. The van der Waals surface area contributed by atoms with Gasteiger partial charge < -0.3 is 10.5 Å². The molecule has 3 nitrogen and oxygen atoms in total. The Kier molecular flexibility index (Phi) is 4.74. The molecule has 0 aromatic rings. The number of nitrogens with two attached hydrogens (primary N) is 1. The second-order valence-corrected chi connectivity index (χ2v) is 6.93. The lowest BCUT2D eigenvalue weighted by Gasteiger charge is -2.26. The van der Waals surface area contributed by atoms with Crippen molar-refractivity contribution < 1.29 is 8.95 Å². The Hall–Kier alpha value is 0.0700. The van der Waals surface area contributed by atoms with Crippen molar-refractivity contribution in [1.29, 1.82) is 0 Å². The maximum Gasteiger partial charge on any atom is 0.0691 e. The van der Waals surface area contributed by atoms with Gasteiger partial charge in [0.05, 0.1) is 6.10 Å². The van der Waals surface area contributed by atoms with E-state index in [1.54, 1.807) is 0 Å². The highest BCUT2D eigenvalue weighted by Crippen LogP contribution is 2.19. The van der Waals surface area contributed by atoms with Crippen molar-refractivity contribution in [2.45, 2.75) is 45.8 Å². The molecule has 0 amide bonds. The first-order chi connectivity index (χ1) is 6.89. The first kappa shape index (κ1) is 13.1. The fourth-order valence-corrected chi connectivity index (χ4v) is 3.22. The van der Waals surface area contributed by atoms with Crippen LogP contribution in [0.5, 0.6) is 0 Å². The summed E-state index contributed by atoms with van der Waals surface area (Å²) in [7, 11) is -0.836. The largest absolute Gasteiger partial charge is 0.377 e. The first-order valence-corrected chi connectivity index (χ1v) is 7.10. The summed E-state index contributed by atoms with van der Waals surface area (Å²) in [5.41, 5.74) is 6.03. The molecule has 0 aromatic carbocycles. The van der Waals surface area contributed by atoms with Gasteiger partial charge in [-0.15, -0.1) is 0 Å². The predicted octanol–water partition coefficient (Wildman–Crippen LogP) is 1.29. The molecule has 2 N–H and O–H groups in total. The third-order valence-corrected chi connectivity index (χ3v) is 4.35. The standard InChI is InChI=1S/C11H23NO2S/c1-11(2,3)10(12)8-15(13)7-9-5-4-6-14-9/h9-10H,4-8,12H2,1-3H3. The highest BCUT2D eigenvalue weighted by Gasteiger charge is 2.25. The molecule has 0 aromatic heterocycles. The van der Waals surface area contributed by atoms with Crippen LogP contribution in [0.1, 0.15) is 33.6 Å². The van der Waals surface area contributed by atoms with Gasteiger partial charge in [0.1, 0.15) is 0 Å². The zero-order valence-corrected chi connectivity index (χ0v) is 10.8. The zero-order valence-electron chi connectivity index (χ0n) is 9.99. The molecule has 0 spiro atoms. The lowest BCUT2D eigenvalue weighted by molar-refractivity contribution is 0.128. The van der Waals surface area contributed by atoms with Gasteiger partial charge in [-0.3, -0.25) is 4.21 Å². The summed E-state index contributed by atoms with van der Waals surface area (Å²) in [5, 5.41) is 0. The molecule has 0 aliphatic carbocycles. The maximum absolute atomic E-state index is 11.8. The van der Waals surface area contributed by atoms with Crippen LogP contribution in [0.15, 0.2) is 0 Å². The smallest absolute Gasteiger partial charge is 0.0691 e. The summed E-state index contributed by atoms with van der Waals surface area (Å²) in [6, 6.07) is -0.000244. The van der Waals surface area contributed by atoms with Gasteiger partial charge in [-0.05, 0) is 18.3 Å². The lowest BCUT2D eigenvalue weighted by atomic mass is 9.89. The van der Waals surface area contributed by atoms with Crippen LogP contribution in [-0.2, 0) is 15.5 Å². The zero-order chi connectivity index (χ0) is 11.5. The van der Waals surface area contributed by atoms with E-state index in [2.05, 4.69) is 20.8 Å². The Bertz CT molecular complexity index is 219. The summed E-state index contributed by atoms with van der Waals surface area (Å²) >= 11 is 0. The van der Waals surface area contributed by atoms with Crippen LogP contribution in [0.3, 0.4) is 0 Å². The predicted molar refractivity (Wildman–Crippen MR) is 64.3 cm³/mol. The van der Waals surface area contributed by atoms with E-state index in [1.807, 2.05) is 0 Å². The molecule has 3 unspecified atom stereocenters. The van der Waals surface area contributed by atoms with Crippen molar-refractivity contribution in [3.63, 3.8) is 0 Å². The number of hydrogen-bond acceptors (Lipinski definition) is 3. The number of ether oxygens (including phenoxy) is 1. The highest BCUT2D eigenvalue weighted by atomic mass is 32.2. The molecule has 1 aliphatic rings. The Morgan fingerprint density at radius 2 is 2.20 bits per heavy atom. The third-order valence-electron chi connectivity index (χ3n) is 2.87. The fourth-order valence-electron chi connectivity index (χ4n) is 1.50. The summed E-state index contributed by atoms with van der Waals surface area (Å²) in [4.78, 5) is 0. The van der Waals surface area contributed by atoms with Crippen LogP contribution in [0.2, 0.25) is 0 Å². The van der Waals surface area contributed by atoms with E-state index >= 15 is 0 Å². The van der Waals surface area contributed by atoms with E-state index in [-0.39, 0.29) is 17.6 Å². The summed E-state index contributed by atoms with van der Waals surface area (Å²) in [6.45, 7) is 7.08. The van der Waals surface area contributed by atoms with Gasteiger partial charge in [0.2, 0.25) is 0 Å². The van der Waals surface area contributed by atoms with Crippen molar-refractivity contribution in [2.24, 2.45) is 11.1 Å². The minimum atomic E-state index is -0.836. The van der Waals surface area contributed by atoms with E-state index in [1.165, 1.54) is 0 Å². The van der Waals surface area contributed by atoms with Crippen LogP contribution in [0.25, 0.3) is 0 Å². The van der Waals surface area contributed by atoms with Crippen LogP contribution in [0, 0.1) is 5.41 Å². The third kappa shape index (κ3) is 4.62. The normalized spacial score (nSPS) is 26.5. The molecule has 1 fully saturated rings. The summed E-state index contributed by atoms with van der Waals surface area (Å²) < 4.78 is 17.3. The second kappa shape index (κ2) is 5.41. The molecule has 1 saturated heterocycles. The highest BCUT2D eigenvalue weighted by molar-refractivity contribution is 7.85. The van der Waals surface area contributed by atoms with Gasteiger partial charge in [-0.2, -0.15) is 0 Å². The van der Waals surface area contributed by atoms with Gasteiger partial charge in [0, 0.05) is 35.0 Å². The van der Waals surface area contributed by atoms with Crippen molar-refractivity contribution in [3.05, 3.63) is 0 Å².